The average Bonchev–Trinajstić information content (AvgIpc) is 2.38. The molecule has 1 heterocycles. The zero-order valence-electron chi connectivity index (χ0n) is 9.27. The quantitative estimate of drug-likeness (QED) is 0.648. The van der Waals surface area contributed by atoms with Crippen molar-refractivity contribution in [3.05, 3.63) is 58.8 Å². The monoisotopic (exact) mass is 274 g/mol. The van der Waals surface area contributed by atoms with Crippen LogP contribution in [0.1, 0.15) is 0 Å². The highest BCUT2D eigenvalue weighted by Gasteiger charge is 2.10. The Kier molecular flexibility index (Phi) is 2.90. The molecular formula is C14H8Cl2N2. The molecule has 88 valence electrons. The number of aromatic nitrogens is 2. The van der Waals surface area contributed by atoms with E-state index in [9.17, 15) is 0 Å². The standard InChI is InChI=1S/C14H8Cl2N2/c15-12-8-17-18-14(16)13(12)11-6-5-9-3-1-2-4-10(9)7-11/h1-8H. The van der Waals surface area contributed by atoms with Crippen LogP contribution in [0.2, 0.25) is 10.2 Å². The molecule has 0 aliphatic rings. The van der Waals surface area contributed by atoms with Gasteiger partial charge in [-0.2, -0.15) is 5.10 Å². The number of hydrogen-bond acceptors (Lipinski definition) is 2. The topological polar surface area (TPSA) is 25.8 Å². The summed E-state index contributed by atoms with van der Waals surface area (Å²) < 4.78 is 0. The van der Waals surface area contributed by atoms with E-state index in [1.54, 1.807) is 0 Å². The first-order valence-corrected chi connectivity index (χ1v) is 6.17. The molecule has 2 aromatic carbocycles. The molecule has 0 saturated carbocycles. The first-order valence-electron chi connectivity index (χ1n) is 5.41. The summed E-state index contributed by atoms with van der Waals surface area (Å²) in [5, 5.41) is 10.7. The number of benzene rings is 2. The number of rotatable bonds is 1. The molecule has 4 heteroatoms. The second-order valence-electron chi connectivity index (χ2n) is 3.92. The van der Waals surface area contributed by atoms with Gasteiger partial charge in [-0.1, -0.05) is 59.6 Å². The van der Waals surface area contributed by atoms with E-state index >= 15 is 0 Å². The van der Waals surface area contributed by atoms with Crippen LogP contribution in [0.3, 0.4) is 0 Å². The lowest BCUT2D eigenvalue weighted by Crippen LogP contribution is -1.88. The third kappa shape index (κ3) is 1.94. The average molecular weight is 275 g/mol. The van der Waals surface area contributed by atoms with Gasteiger partial charge < -0.3 is 0 Å². The lowest BCUT2D eigenvalue weighted by Gasteiger charge is -2.06. The molecule has 0 radical (unpaired) electrons. The number of fused-ring (bicyclic) bond motifs is 1. The Labute approximate surface area is 114 Å². The van der Waals surface area contributed by atoms with Crippen molar-refractivity contribution in [3.8, 4) is 11.1 Å². The van der Waals surface area contributed by atoms with Gasteiger partial charge in [-0.05, 0) is 22.4 Å². The van der Waals surface area contributed by atoms with Crippen molar-refractivity contribution in [3.63, 3.8) is 0 Å². The van der Waals surface area contributed by atoms with Crippen molar-refractivity contribution in [1.29, 1.82) is 0 Å². The molecule has 2 nitrogen and oxygen atoms in total. The van der Waals surface area contributed by atoms with E-state index in [-0.39, 0.29) is 0 Å². The number of halogens is 2. The van der Waals surface area contributed by atoms with E-state index in [0.717, 1.165) is 16.5 Å². The minimum absolute atomic E-state index is 0.317. The summed E-state index contributed by atoms with van der Waals surface area (Å²) in [7, 11) is 0. The first kappa shape index (κ1) is 11.5. The molecule has 0 N–H and O–H groups in total. The van der Waals surface area contributed by atoms with Crippen LogP contribution in [0.5, 0.6) is 0 Å². The van der Waals surface area contributed by atoms with Crippen LogP contribution in [0.15, 0.2) is 48.7 Å². The lowest BCUT2D eigenvalue weighted by atomic mass is 10.0. The summed E-state index contributed by atoms with van der Waals surface area (Å²) in [5.74, 6) is 0. The third-order valence-electron chi connectivity index (χ3n) is 2.80. The highest BCUT2D eigenvalue weighted by atomic mass is 35.5. The molecule has 3 aromatic rings. The normalized spacial score (nSPS) is 10.8. The van der Waals surface area contributed by atoms with Gasteiger partial charge in [0.2, 0.25) is 0 Å². The molecule has 1 aromatic heterocycles. The molecule has 0 aliphatic carbocycles. The maximum Gasteiger partial charge on any atom is 0.161 e. The van der Waals surface area contributed by atoms with Gasteiger partial charge in [0.15, 0.2) is 5.15 Å². The van der Waals surface area contributed by atoms with Gasteiger partial charge in [0, 0.05) is 5.56 Å². The molecular weight excluding hydrogens is 267 g/mol. The minimum atomic E-state index is 0.317. The Bertz CT molecular complexity index is 706. The summed E-state index contributed by atoms with van der Waals surface area (Å²) in [5.41, 5.74) is 1.66. The van der Waals surface area contributed by atoms with E-state index < -0.39 is 0 Å². The molecule has 18 heavy (non-hydrogen) atoms. The SMILES string of the molecule is Clc1cnnc(Cl)c1-c1ccc2ccccc2c1. The van der Waals surface area contributed by atoms with Crippen LogP contribution < -0.4 is 0 Å². The molecule has 0 bridgehead atoms. The van der Waals surface area contributed by atoms with Crippen molar-refractivity contribution in [2.24, 2.45) is 0 Å². The molecule has 0 unspecified atom stereocenters. The van der Waals surface area contributed by atoms with Gasteiger partial charge >= 0.3 is 0 Å². The maximum absolute atomic E-state index is 6.13. The molecule has 0 amide bonds. The van der Waals surface area contributed by atoms with Crippen molar-refractivity contribution in [2.75, 3.05) is 0 Å². The Balaban J connectivity index is 2.26. The van der Waals surface area contributed by atoms with E-state index in [0.29, 0.717) is 10.2 Å². The first-order chi connectivity index (χ1) is 8.75. The summed E-state index contributed by atoms with van der Waals surface area (Å²) in [6.45, 7) is 0. The third-order valence-corrected chi connectivity index (χ3v) is 3.35. The molecule has 3 rings (SSSR count). The van der Waals surface area contributed by atoms with E-state index in [1.165, 1.54) is 11.6 Å². The highest BCUT2D eigenvalue weighted by Crippen LogP contribution is 2.33. The van der Waals surface area contributed by atoms with Crippen molar-refractivity contribution in [1.82, 2.24) is 10.2 Å². The van der Waals surface area contributed by atoms with Gasteiger partial charge in [0.1, 0.15) is 0 Å². The fraction of sp³-hybridized carbons (Fsp3) is 0. The Hall–Kier alpha value is -1.64. The maximum atomic E-state index is 6.13. The fourth-order valence-corrected chi connectivity index (χ4v) is 2.49. The summed E-state index contributed by atoms with van der Waals surface area (Å²) in [6.07, 6.45) is 1.50. The van der Waals surface area contributed by atoms with Crippen LogP contribution >= 0.6 is 23.2 Å². The van der Waals surface area contributed by atoms with Gasteiger partial charge in [0.25, 0.3) is 0 Å². The van der Waals surface area contributed by atoms with E-state index in [1.807, 2.05) is 30.3 Å². The molecule has 0 atom stereocenters. The van der Waals surface area contributed by atoms with Crippen LogP contribution in [0.25, 0.3) is 21.9 Å². The zero-order valence-corrected chi connectivity index (χ0v) is 10.8. The fourth-order valence-electron chi connectivity index (χ4n) is 1.95. The zero-order chi connectivity index (χ0) is 12.5. The predicted molar refractivity (Wildman–Crippen MR) is 75.0 cm³/mol. The summed E-state index contributed by atoms with van der Waals surface area (Å²) in [6, 6.07) is 14.2. The number of nitrogens with zero attached hydrogens (tertiary/aromatic N) is 2. The van der Waals surface area contributed by atoms with Crippen molar-refractivity contribution >= 4 is 34.0 Å². The Morgan fingerprint density at radius 1 is 0.889 bits per heavy atom. The van der Waals surface area contributed by atoms with Crippen molar-refractivity contribution < 1.29 is 0 Å². The van der Waals surface area contributed by atoms with Crippen LogP contribution in [0.4, 0.5) is 0 Å². The van der Waals surface area contributed by atoms with Crippen LogP contribution in [-0.4, -0.2) is 10.2 Å². The second kappa shape index (κ2) is 4.56. The van der Waals surface area contributed by atoms with Gasteiger partial charge in [-0.25, -0.2) is 0 Å². The van der Waals surface area contributed by atoms with Gasteiger partial charge in [-0.15, -0.1) is 5.10 Å². The Morgan fingerprint density at radius 2 is 1.67 bits per heavy atom. The minimum Gasteiger partial charge on any atom is -0.156 e. The second-order valence-corrected chi connectivity index (χ2v) is 4.69. The van der Waals surface area contributed by atoms with Crippen LogP contribution in [-0.2, 0) is 0 Å². The smallest absolute Gasteiger partial charge is 0.156 e. The number of hydrogen-bond donors (Lipinski definition) is 0. The molecule has 0 aliphatic heterocycles. The van der Waals surface area contributed by atoms with Crippen LogP contribution in [0, 0.1) is 0 Å². The predicted octanol–water partition coefficient (Wildman–Crippen LogP) is 4.60. The lowest BCUT2D eigenvalue weighted by molar-refractivity contribution is 1.03. The van der Waals surface area contributed by atoms with Gasteiger partial charge in [-0.3, -0.25) is 0 Å². The largest absolute Gasteiger partial charge is 0.161 e. The summed E-state index contributed by atoms with van der Waals surface area (Å²) in [4.78, 5) is 0. The van der Waals surface area contributed by atoms with Gasteiger partial charge in [0.05, 0.1) is 11.2 Å². The van der Waals surface area contributed by atoms with E-state index in [4.69, 9.17) is 23.2 Å². The molecule has 0 fully saturated rings. The van der Waals surface area contributed by atoms with Crippen molar-refractivity contribution in [2.45, 2.75) is 0 Å². The molecule has 0 saturated heterocycles. The van der Waals surface area contributed by atoms with E-state index in [2.05, 4.69) is 22.3 Å². The Morgan fingerprint density at radius 3 is 2.44 bits per heavy atom. The molecule has 0 spiro atoms. The summed E-state index contributed by atoms with van der Waals surface area (Å²) >= 11 is 12.2. The highest BCUT2D eigenvalue weighted by molar-refractivity contribution is 6.38.